The molecule has 5 nitrogen and oxygen atoms in total. The zero-order valence-corrected chi connectivity index (χ0v) is 20.4. The van der Waals surface area contributed by atoms with Crippen LogP contribution in [-0.4, -0.2) is 35.7 Å². The van der Waals surface area contributed by atoms with Gasteiger partial charge in [-0.05, 0) is 67.5 Å². The summed E-state index contributed by atoms with van der Waals surface area (Å²) in [7, 11) is 0. The van der Waals surface area contributed by atoms with E-state index in [0.717, 1.165) is 36.8 Å². The minimum atomic E-state index is 0.0660. The van der Waals surface area contributed by atoms with Gasteiger partial charge < -0.3 is 10.2 Å². The van der Waals surface area contributed by atoms with E-state index in [-0.39, 0.29) is 11.8 Å². The second kappa shape index (κ2) is 10.8. The highest BCUT2D eigenvalue weighted by Gasteiger charge is 2.26. The van der Waals surface area contributed by atoms with E-state index in [0.29, 0.717) is 12.5 Å². The molecule has 2 aromatic carbocycles. The lowest BCUT2D eigenvalue weighted by atomic mass is 9.95. The van der Waals surface area contributed by atoms with Crippen LogP contribution < -0.4 is 10.2 Å². The average molecular weight is 461 g/mol. The van der Waals surface area contributed by atoms with Crippen molar-refractivity contribution in [3.05, 3.63) is 77.4 Å². The Kier molecular flexibility index (Phi) is 7.65. The number of carbonyl (C=O) groups is 1. The van der Waals surface area contributed by atoms with Crippen LogP contribution in [0.5, 0.6) is 0 Å². The zero-order valence-electron chi connectivity index (χ0n) is 19.6. The molecule has 0 unspecified atom stereocenters. The highest BCUT2D eigenvalue weighted by molar-refractivity contribution is 7.99. The topological polar surface area (TPSA) is 58.1 Å². The number of nitrogens with one attached hydrogen (secondary N) is 1. The molecule has 0 spiro atoms. The molecule has 1 aromatic heterocycles. The Labute approximate surface area is 201 Å². The summed E-state index contributed by atoms with van der Waals surface area (Å²) >= 11 is 1.65. The molecule has 2 heterocycles. The fourth-order valence-electron chi connectivity index (χ4n) is 4.13. The van der Waals surface area contributed by atoms with Crippen molar-refractivity contribution in [3.63, 3.8) is 0 Å². The number of amides is 1. The van der Waals surface area contributed by atoms with Gasteiger partial charge in [0.25, 0.3) is 0 Å². The van der Waals surface area contributed by atoms with Crippen LogP contribution in [0.15, 0.2) is 70.6 Å². The van der Waals surface area contributed by atoms with Crippen LogP contribution in [0.3, 0.4) is 0 Å². The molecule has 33 heavy (non-hydrogen) atoms. The lowest BCUT2D eigenvalue weighted by molar-refractivity contribution is -0.125. The molecule has 4 rings (SSSR count). The smallest absolute Gasteiger partial charge is 0.223 e. The van der Waals surface area contributed by atoms with Crippen molar-refractivity contribution in [3.8, 4) is 0 Å². The maximum Gasteiger partial charge on any atom is 0.223 e. The number of benzene rings is 2. The third kappa shape index (κ3) is 6.14. The van der Waals surface area contributed by atoms with E-state index in [4.69, 9.17) is 0 Å². The molecule has 0 bridgehead atoms. The largest absolute Gasteiger partial charge is 0.355 e. The van der Waals surface area contributed by atoms with Gasteiger partial charge in [0.2, 0.25) is 5.91 Å². The zero-order chi connectivity index (χ0) is 23.2. The van der Waals surface area contributed by atoms with Crippen molar-refractivity contribution in [2.24, 2.45) is 5.92 Å². The first-order valence-corrected chi connectivity index (χ1v) is 12.5. The minimum absolute atomic E-state index is 0.0660. The number of nitrogens with zero attached hydrogens (tertiary/aromatic N) is 3. The molecule has 172 valence electrons. The monoisotopic (exact) mass is 460 g/mol. The summed E-state index contributed by atoms with van der Waals surface area (Å²) in [5.74, 6) is 1.43. The van der Waals surface area contributed by atoms with Gasteiger partial charge in [0.05, 0.1) is 0 Å². The second-order valence-electron chi connectivity index (χ2n) is 8.92. The van der Waals surface area contributed by atoms with E-state index >= 15 is 0 Å². The van der Waals surface area contributed by atoms with Gasteiger partial charge in [-0.15, -0.1) is 10.2 Å². The molecule has 0 aliphatic carbocycles. The first kappa shape index (κ1) is 23.3. The SMILES string of the molecule is Cc1ccc(C)c(Sc2ccc(N3CCC(C(=O)NC[C@@H](C)c4ccccc4)CC3)nn2)c1. The van der Waals surface area contributed by atoms with Crippen molar-refractivity contribution < 1.29 is 4.79 Å². The van der Waals surface area contributed by atoms with Gasteiger partial charge in [-0.2, -0.15) is 0 Å². The maximum atomic E-state index is 12.7. The number of anilines is 1. The van der Waals surface area contributed by atoms with Gasteiger partial charge in [0, 0.05) is 30.4 Å². The number of piperidine rings is 1. The van der Waals surface area contributed by atoms with Crippen LogP contribution in [-0.2, 0) is 4.79 Å². The molecule has 0 radical (unpaired) electrons. The fourth-order valence-corrected chi connectivity index (χ4v) is 5.05. The highest BCUT2D eigenvalue weighted by atomic mass is 32.2. The van der Waals surface area contributed by atoms with Crippen molar-refractivity contribution >= 4 is 23.5 Å². The predicted octanol–water partition coefficient (Wildman–Crippen LogP) is 5.38. The molecule has 1 aliphatic heterocycles. The number of hydrogen-bond acceptors (Lipinski definition) is 5. The standard InChI is InChI=1S/C27H32N4OS/c1-19-9-10-20(2)24(17-19)33-26-12-11-25(29-30-26)31-15-13-23(14-16-31)27(32)28-18-21(3)22-7-5-4-6-8-22/h4-12,17,21,23H,13-16,18H2,1-3H3,(H,28,32)/t21-/m1/s1. The number of aromatic nitrogens is 2. The van der Waals surface area contributed by atoms with E-state index in [1.165, 1.54) is 21.6 Å². The molecular formula is C27H32N4OS. The number of hydrogen-bond donors (Lipinski definition) is 1. The summed E-state index contributed by atoms with van der Waals surface area (Å²) in [6.07, 6.45) is 1.68. The molecule has 6 heteroatoms. The predicted molar refractivity (Wildman–Crippen MR) is 135 cm³/mol. The Hall–Kier alpha value is -2.86. The number of rotatable bonds is 7. The second-order valence-corrected chi connectivity index (χ2v) is 9.98. The van der Waals surface area contributed by atoms with Gasteiger partial charge in [0.15, 0.2) is 5.82 Å². The molecule has 1 N–H and O–H groups in total. The summed E-state index contributed by atoms with van der Waals surface area (Å²) < 4.78 is 0. The van der Waals surface area contributed by atoms with E-state index in [2.05, 4.69) is 71.5 Å². The Morgan fingerprint density at radius 1 is 1.06 bits per heavy atom. The van der Waals surface area contributed by atoms with Gasteiger partial charge >= 0.3 is 0 Å². The summed E-state index contributed by atoms with van der Waals surface area (Å²) in [6, 6.07) is 20.9. The maximum absolute atomic E-state index is 12.7. The van der Waals surface area contributed by atoms with E-state index in [1.54, 1.807) is 11.8 Å². The van der Waals surface area contributed by atoms with Crippen LogP contribution in [0.1, 0.15) is 42.4 Å². The Balaban J connectivity index is 1.26. The summed E-state index contributed by atoms with van der Waals surface area (Å²) in [5.41, 5.74) is 3.74. The molecule has 1 saturated heterocycles. The van der Waals surface area contributed by atoms with Crippen LogP contribution >= 0.6 is 11.8 Å². The summed E-state index contributed by atoms with van der Waals surface area (Å²) in [5, 5.41) is 13.0. The van der Waals surface area contributed by atoms with E-state index < -0.39 is 0 Å². The lowest BCUT2D eigenvalue weighted by Gasteiger charge is -2.32. The van der Waals surface area contributed by atoms with Crippen molar-refractivity contribution in [2.75, 3.05) is 24.5 Å². The average Bonchev–Trinajstić information content (AvgIpc) is 2.85. The Morgan fingerprint density at radius 2 is 1.82 bits per heavy atom. The van der Waals surface area contributed by atoms with E-state index in [1.807, 2.05) is 30.3 Å². The van der Waals surface area contributed by atoms with Crippen LogP contribution in [0, 0.1) is 19.8 Å². The summed E-state index contributed by atoms with van der Waals surface area (Å²) in [6.45, 7) is 8.69. The first-order chi connectivity index (χ1) is 16.0. The fraction of sp³-hybridized carbons (Fsp3) is 0.370. The molecule has 3 aromatic rings. The molecule has 1 amide bonds. The molecular weight excluding hydrogens is 428 g/mol. The minimum Gasteiger partial charge on any atom is -0.355 e. The molecule has 1 fully saturated rings. The van der Waals surface area contributed by atoms with Crippen molar-refractivity contribution in [1.82, 2.24) is 15.5 Å². The first-order valence-electron chi connectivity index (χ1n) is 11.7. The van der Waals surface area contributed by atoms with Gasteiger partial charge in [-0.3, -0.25) is 4.79 Å². The van der Waals surface area contributed by atoms with Crippen LogP contribution in [0.2, 0.25) is 0 Å². The normalized spacial score (nSPS) is 15.3. The third-order valence-electron chi connectivity index (χ3n) is 6.33. The number of aryl methyl sites for hydroxylation is 2. The van der Waals surface area contributed by atoms with Crippen molar-refractivity contribution in [2.45, 2.75) is 49.5 Å². The Bertz CT molecular complexity index is 1060. The van der Waals surface area contributed by atoms with Gasteiger partial charge in [-0.1, -0.05) is 61.2 Å². The van der Waals surface area contributed by atoms with E-state index in [9.17, 15) is 4.79 Å². The van der Waals surface area contributed by atoms with Crippen molar-refractivity contribution in [1.29, 1.82) is 0 Å². The van der Waals surface area contributed by atoms with Gasteiger partial charge in [0.1, 0.15) is 5.03 Å². The van der Waals surface area contributed by atoms with Crippen LogP contribution in [0.25, 0.3) is 0 Å². The Morgan fingerprint density at radius 3 is 2.52 bits per heavy atom. The quantitative estimate of drug-likeness (QED) is 0.513. The number of carbonyl (C=O) groups excluding carboxylic acids is 1. The lowest BCUT2D eigenvalue weighted by Crippen LogP contribution is -2.41. The molecule has 1 aliphatic rings. The molecule has 1 atom stereocenters. The summed E-state index contributed by atoms with van der Waals surface area (Å²) in [4.78, 5) is 16.1. The van der Waals surface area contributed by atoms with Gasteiger partial charge in [-0.25, -0.2) is 0 Å². The highest BCUT2D eigenvalue weighted by Crippen LogP contribution is 2.30. The van der Waals surface area contributed by atoms with Crippen LogP contribution in [0.4, 0.5) is 5.82 Å². The molecule has 0 saturated carbocycles. The third-order valence-corrected chi connectivity index (χ3v) is 7.41.